The highest BCUT2D eigenvalue weighted by molar-refractivity contribution is 6.36. The number of rotatable bonds is 3. The molecular weight excluding hydrogens is 235 g/mol. The van der Waals surface area contributed by atoms with Gasteiger partial charge in [0.15, 0.2) is 0 Å². The number of anilines is 1. The van der Waals surface area contributed by atoms with Gasteiger partial charge in [-0.25, -0.2) is 4.98 Å². The Bertz CT molecular complexity index is 355. The zero-order chi connectivity index (χ0) is 11.6. The van der Waals surface area contributed by atoms with Crippen LogP contribution in [-0.2, 0) is 0 Å². The molecule has 0 fully saturated rings. The smallest absolute Gasteiger partial charge is 0.147 e. The predicted molar refractivity (Wildman–Crippen MR) is 63.8 cm³/mol. The first-order valence-corrected chi connectivity index (χ1v) is 5.30. The Labute approximate surface area is 99.6 Å². The van der Waals surface area contributed by atoms with Crippen LogP contribution in [0.25, 0.3) is 0 Å². The molecule has 0 atom stereocenters. The number of halogens is 2. The lowest BCUT2D eigenvalue weighted by Crippen LogP contribution is -2.44. The van der Waals surface area contributed by atoms with E-state index in [0.29, 0.717) is 15.9 Å². The second kappa shape index (κ2) is 4.56. The van der Waals surface area contributed by atoms with Crippen LogP contribution in [0.1, 0.15) is 13.8 Å². The summed E-state index contributed by atoms with van der Waals surface area (Å²) in [6.45, 7) is 3.82. The highest BCUT2D eigenvalue weighted by Crippen LogP contribution is 2.29. The Hall–Kier alpha value is -0.510. The number of pyridine rings is 1. The fraction of sp³-hybridized carbons (Fsp3) is 0.500. The van der Waals surface area contributed by atoms with Gasteiger partial charge in [0.1, 0.15) is 5.82 Å². The standard InChI is InChI=1S/C10H14Cl2N2O/c1-10(2,6-15)14(3)9-8(12)4-7(11)5-13-9/h4-5,15H,6H2,1-3H3. The number of aromatic nitrogens is 1. The van der Waals surface area contributed by atoms with Crippen LogP contribution in [0, 0.1) is 0 Å². The van der Waals surface area contributed by atoms with Crippen molar-refractivity contribution in [3.63, 3.8) is 0 Å². The van der Waals surface area contributed by atoms with Crippen molar-refractivity contribution in [1.82, 2.24) is 4.98 Å². The molecule has 0 saturated heterocycles. The Morgan fingerprint density at radius 2 is 2.07 bits per heavy atom. The van der Waals surface area contributed by atoms with Gasteiger partial charge < -0.3 is 10.0 Å². The molecular formula is C10H14Cl2N2O. The van der Waals surface area contributed by atoms with Crippen LogP contribution in [0.5, 0.6) is 0 Å². The van der Waals surface area contributed by atoms with Crippen LogP contribution in [-0.4, -0.2) is 29.3 Å². The Kier molecular flexibility index (Phi) is 3.82. The van der Waals surface area contributed by atoms with Crippen molar-refractivity contribution in [2.75, 3.05) is 18.6 Å². The summed E-state index contributed by atoms with van der Waals surface area (Å²) < 4.78 is 0. The van der Waals surface area contributed by atoms with Gasteiger partial charge in [-0.1, -0.05) is 23.2 Å². The molecule has 0 saturated carbocycles. The van der Waals surface area contributed by atoms with Crippen LogP contribution in [0.3, 0.4) is 0 Å². The van der Waals surface area contributed by atoms with Crippen LogP contribution in [0.15, 0.2) is 12.3 Å². The van der Waals surface area contributed by atoms with Crippen molar-refractivity contribution in [2.24, 2.45) is 0 Å². The van der Waals surface area contributed by atoms with E-state index in [1.54, 1.807) is 6.07 Å². The highest BCUT2D eigenvalue weighted by atomic mass is 35.5. The molecule has 0 aliphatic carbocycles. The van der Waals surface area contributed by atoms with Crippen molar-refractivity contribution >= 4 is 29.0 Å². The molecule has 0 aliphatic rings. The van der Waals surface area contributed by atoms with Gasteiger partial charge >= 0.3 is 0 Å². The molecule has 0 aliphatic heterocycles. The Morgan fingerprint density at radius 3 is 2.53 bits per heavy atom. The highest BCUT2D eigenvalue weighted by Gasteiger charge is 2.25. The summed E-state index contributed by atoms with van der Waals surface area (Å²) in [5, 5.41) is 10.2. The molecule has 1 aromatic rings. The number of hydrogen-bond acceptors (Lipinski definition) is 3. The number of aliphatic hydroxyl groups excluding tert-OH is 1. The summed E-state index contributed by atoms with van der Waals surface area (Å²) in [5.74, 6) is 0.611. The number of nitrogens with zero attached hydrogens (tertiary/aromatic N) is 2. The van der Waals surface area contributed by atoms with Crippen molar-refractivity contribution in [2.45, 2.75) is 19.4 Å². The fourth-order valence-electron chi connectivity index (χ4n) is 1.05. The molecule has 0 aromatic carbocycles. The van der Waals surface area contributed by atoms with E-state index in [1.807, 2.05) is 25.8 Å². The van der Waals surface area contributed by atoms with E-state index in [0.717, 1.165) is 0 Å². The van der Waals surface area contributed by atoms with Gasteiger partial charge in [-0.2, -0.15) is 0 Å². The van der Waals surface area contributed by atoms with Crippen molar-refractivity contribution < 1.29 is 5.11 Å². The SMILES string of the molecule is CN(c1ncc(Cl)cc1Cl)C(C)(C)CO. The maximum Gasteiger partial charge on any atom is 0.147 e. The molecule has 0 radical (unpaired) electrons. The van der Waals surface area contributed by atoms with Gasteiger partial charge in [-0.05, 0) is 19.9 Å². The molecule has 15 heavy (non-hydrogen) atoms. The lowest BCUT2D eigenvalue weighted by atomic mass is 10.1. The largest absolute Gasteiger partial charge is 0.394 e. The van der Waals surface area contributed by atoms with Gasteiger partial charge in [-0.15, -0.1) is 0 Å². The molecule has 1 aromatic heterocycles. The second-order valence-electron chi connectivity index (χ2n) is 3.99. The molecule has 0 spiro atoms. The predicted octanol–water partition coefficient (Wildman–Crippen LogP) is 2.60. The summed E-state index contributed by atoms with van der Waals surface area (Å²) in [6, 6.07) is 1.63. The van der Waals surface area contributed by atoms with E-state index in [1.165, 1.54) is 6.20 Å². The average Bonchev–Trinajstić information content (AvgIpc) is 2.17. The van der Waals surface area contributed by atoms with Crippen LogP contribution >= 0.6 is 23.2 Å². The molecule has 1 N–H and O–H groups in total. The summed E-state index contributed by atoms with van der Waals surface area (Å²) >= 11 is 11.8. The molecule has 1 heterocycles. The number of likely N-dealkylation sites (N-methyl/N-ethyl adjacent to an activating group) is 1. The van der Waals surface area contributed by atoms with E-state index in [-0.39, 0.29) is 6.61 Å². The van der Waals surface area contributed by atoms with Gasteiger partial charge in [0.2, 0.25) is 0 Å². The molecule has 3 nitrogen and oxygen atoms in total. The maximum absolute atomic E-state index is 9.23. The third-order valence-electron chi connectivity index (χ3n) is 2.40. The van der Waals surface area contributed by atoms with Crippen molar-refractivity contribution in [3.05, 3.63) is 22.3 Å². The van der Waals surface area contributed by atoms with Gasteiger partial charge in [0.05, 0.1) is 22.2 Å². The Balaban J connectivity index is 3.06. The normalized spacial score (nSPS) is 11.6. The minimum Gasteiger partial charge on any atom is -0.394 e. The third-order valence-corrected chi connectivity index (χ3v) is 2.89. The third kappa shape index (κ3) is 2.74. The summed E-state index contributed by atoms with van der Waals surface area (Å²) in [7, 11) is 1.83. The maximum atomic E-state index is 9.23. The zero-order valence-electron chi connectivity index (χ0n) is 8.96. The average molecular weight is 249 g/mol. The zero-order valence-corrected chi connectivity index (χ0v) is 10.5. The van der Waals surface area contributed by atoms with Crippen LogP contribution in [0.4, 0.5) is 5.82 Å². The Morgan fingerprint density at radius 1 is 1.47 bits per heavy atom. The molecule has 84 valence electrons. The van der Waals surface area contributed by atoms with Gasteiger partial charge in [0.25, 0.3) is 0 Å². The van der Waals surface area contributed by atoms with Crippen molar-refractivity contribution in [1.29, 1.82) is 0 Å². The molecule has 0 bridgehead atoms. The van der Waals surface area contributed by atoms with E-state index in [4.69, 9.17) is 23.2 Å². The van der Waals surface area contributed by atoms with Crippen LogP contribution in [0.2, 0.25) is 10.0 Å². The minimum atomic E-state index is -0.412. The molecule has 1 rings (SSSR count). The first-order valence-electron chi connectivity index (χ1n) is 4.54. The van der Waals surface area contributed by atoms with E-state index >= 15 is 0 Å². The van der Waals surface area contributed by atoms with E-state index < -0.39 is 5.54 Å². The lowest BCUT2D eigenvalue weighted by Gasteiger charge is -2.35. The van der Waals surface area contributed by atoms with Crippen LogP contribution < -0.4 is 4.90 Å². The van der Waals surface area contributed by atoms with Crippen molar-refractivity contribution in [3.8, 4) is 0 Å². The quantitative estimate of drug-likeness (QED) is 0.894. The molecule has 0 unspecified atom stereocenters. The monoisotopic (exact) mass is 248 g/mol. The number of aliphatic hydroxyl groups is 1. The fourth-order valence-corrected chi connectivity index (χ4v) is 1.55. The topological polar surface area (TPSA) is 36.4 Å². The van der Waals surface area contributed by atoms with E-state index in [2.05, 4.69) is 4.98 Å². The van der Waals surface area contributed by atoms with Gasteiger partial charge in [0, 0.05) is 13.2 Å². The summed E-state index contributed by atoms with van der Waals surface area (Å²) in [6.07, 6.45) is 1.53. The summed E-state index contributed by atoms with van der Waals surface area (Å²) in [5.41, 5.74) is -0.412. The minimum absolute atomic E-state index is 0.0180. The second-order valence-corrected chi connectivity index (χ2v) is 4.83. The van der Waals surface area contributed by atoms with Gasteiger partial charge in [-0.3, -0.25) is 0 Å². The van der Waals surface area contributed by atoms with E-state index in [9.17, 15) is 5.11 Å². The first-order chi connectivity index (χ1) is 6.88. The lowest BCUT2D eigenvalue weighted by molar-refractivity contribution is 0.215. The first kappa shape index (κ1) is 12.6. The molecule has 5 heteroatoms. The molecule has 0 amide bonds. The number of hydrogen-bond donors (Lipinski definition) is 1. The summed E-state index contributed by atoms with van der Waals surface area (Å²) in [4.78, 5) is 5.97.